The molecule has 0 bridgehead atoms. The molecular weight excluding hydrogens is 474 g/mol. The van der Waals surface area contributed by atoms with E-state index in [2.05, 4.69) is 15.9 Å². The number of nitrogens with zero attached hydrogens (tertiary/aromatic N) is 1. The fraction of sp³-hybridized carbons (Fsp3) is 0.238. The molecule has 1 aliphatic rings. The molecule has 2 aromatic carbocycles. The molecule has 0 saturated carbocycles. The highest BCUT2D eigenvalue weighted by atomic mass is 79.9. The highest BCUT2D eigenvalue weighted by Gasteiger charge is 2.31. The Kier molecular flexibility index (Phi) is 7.71. The zero-order valence-corrected chi connectivity index (χ0v) is 19.2. The van der Waals surface area contributed by atoms with Gasteiger partial charge in [0.25, 0.3) is 5.91 Å². The molecular formula is C21H20BrNO4S2. The molecule has 0 aromatic heterocycles. The summed E-state index contributed by atoms with van der Waals surface area (Å²) in [6, 6.07) is 13.6. The molecule has 0 spiro atoms. The predicted molar refractivity (Wildman–Crippen MR) is 123 cm³/mol. The maximum Gasteiger partial charge on any atom is 0.266 e. The van der Waals surface area contributed by atoms with Crippen LogP contribution >= 0.6 is 39.9 Å². The molecule has 0 N–H and O–H groups in total. The second-order valence-electron chi connectivity index (χ2n) is 6.13. The van der Waals surface area contributed by atoms with Gasteiger partial charge in [-0.05, 0) is 45.3 Å². The zero-order valence-electron chi connectivity index (χ0n) is 16.0. The third-order valence-electron chi connectivity index (χ3n) is 4.17. The van der Waals surface area contributed by atoms with E-state index in [0.717, 1.165) is 15.6 Å². The molecule has 0 radical (unpaired) electrons. The van der Waals surface area contributed by atoms with Gasteiger partial charge in [-0.15, -0.1) is 0 Å². The predicted octanol–water partition coefficient (Wildman–Crippen LogP) is 4.88. The first kappa shape index (κ1) is 21.8. The second kappa shape index (κ2) is 10.2. The first-order valence-corrected chi connectivity index (χ1v) is 10.8. The van der Waals surface area contributed by atoms with Gasteiger partial charge in [0.05, 0.1) is 29.6 Å². The van der Waals surface area contributed by atoms with Gasteiger partial charge in [-0.1, -0.05) is 54.3 Å². The number of benzene rings is 2. The molecule has 1 heterocycles. The van der Waals surface area contributed by atoms with Crippen LogP contribution in [0.25, 0.3) is 6.08 Å². The number of thioether (sulfide) groups is 1. The van der Waals surface area contributed by atoms with Crippen LogP contribution < -0.4 is 9.47 Å². The first-order chi connectivity index (χ1) is 14.0. The van der Waals surface area contributed by atoms with Crippen molar-refractivity contribution in [2.75, 3.05) is 27.4 Å². The largest absolute Gasteiger partial charge is 0.493 e. The average molecular weight is 494 g/mol. The van der Waals surface area contributed by atoms with Crippen LogP contribution in [0.15, 0.2) is 51.8 Å². The lowest BCUT2D eigenvalue weighted by Gasteiger charge is -2.14. The monoisotopic (exact) mass is 493 g/mol. The van der Waals surface area contributed by atoms with Gasteiger partial charge in [-0.3, -0.25) is 9.69 Å². The van der Waals surface area contributed by atoms with Crippen molar-refractivity contribution in [2.45, 2.75) is 6.61 Å². The number of thiocarbonyl (C=S) groups is 1. The van der Waals surface area contributed by atoms with Gasteiger partial charge in [0.1, 0.15) is 10.9 Å². The Morgan fingerprint density at radius 3 is 2.66 bits per heavy atom. The van der Waals surface area contributed by atoms with Crippen LogP contribution in [-0.4, -0.2) is 42.5 Å². The van der Waals surface area contributed by atoms with Crippen LogP contribution in [-0.2, 0) is 16.1 Å². The molecule has 1 amide bonds. The smallest absolute Gasteiger partial charge is 0.266 e. The van der Waals surface area contributed by atoms with Crippen molar-refractivity contribution in [3.63, 3.8) is 0 Å². The van der Waals surface area contributed by atoms with E-state index >= 15 is 0 Å². The molecule has 0 aliphatic carbocycles. The summed E-state index contributed by atoms with van der Waals surface area (Å²) < 4.78 is 17.8. The number of carbonyl (C=O) groups excluding carboxylic acids is 1. The SMILES string of the molecule is COCCN1C(=O)/C(=C/c2cc(Br)c(OCc3ccccc3)c(OC)c2)SC1=S. The number of ether oxygens (including phenoxy) is 3. The fourth-order valence-electron chi connectivity index (χ4n) is 2.72. The van der Waals surface area contributed by atoms with Gasteiger partial charge in [0, 0.05) is 7.11 Å². The van der Waals surface area contributed by atoms with Crippen LogP contribution in [0.4, 0.5) is 0 Å². The van der Waals surface area contributed by atoms with Gasteiger partial charge in [0.2, 0.25) is 0 Å². The normalized spacial score (nSPS) is 15.3. The molecule has 152 valence electrons. The van der Waals surface area contributed by atoms with E-state index in [4.69, 9.17) is 26.4 Å². The summed E-state index contributed by atoms with van der Waals surface area (Å²) in [5.74, 6) is 1.08. The van der Waals surface area contributed by atoms with Crippen LogP contribution in [0.2, 0.25) is 0 Å². The lowest BCUT2D eigenvalue weighted by Crippen LogP contribution is -2.31. The van der Waals surface area contributed by atoms with Crippen molar-refractivity contribution in [1.29, 1.82) is 0 Å². The number of hydrogen-bond acceptors (Lipinski definition) is 6. The Bertz CT molecular complexity index is 934. The summed E-state index contributed by atoms with van der Waals surface area (Å²) in [5.41, 5.74) is 1.87. The highest BCUT2D eigenvalue weighted by Crippen LogP contribution is 2.39. The molecule has 5 nitrogen and oxygen atoms in total. The summed E-state index contributed by atoms with van der Waals surface area (Å²) in [4.78, 5) is 14.7. The van der Waals surface area contributed by atoms with Crippen molar-refractivity contribution in [3.05, 3.63) is 63.0 Å². The Labute approximate surface area is 188 Å². The highest BCUT2D eigenvalue weighted by molar-refractivity contribution is 9.10. The van der Waals surface area contributed by atoms with Crippen molar-refractivity contribution >= 4 is 56.2 Å². The number of amides is 1. The standard InChI is InChI=1S/C21H20BrNO4S2/c1-25-9-8-23-20(24)18(29-21(23)28)12-15-10-16(22)19(17(11-15)26-2)27-13-14-6-4-3-5-7-14/h3-7,10-12H,8-9,13H2,1-2H3/b18-12-. The quantitative estimate of drug-likeness (QED) is 0.385. The first-order valence-electron chi connectivity index (χ1n) is 8.82. The molecule has 2 aromatic rings. The lowest BCUT2D eigenvalue weighted by molar-refractivity contribution is -0.122. The van der Waals surface area contributed by atoms with Crippen LogP contribution in [0.1, 0.15) is 11.1 Å². The molecule has 0 unspecified atom stereocenters. The second-order valence-corrected chi connectivity index (χ2v) is 8.66. The van der Waals surface area contributed by atoms with E-state index < -0.39 is 0 Å². The number of methoxy groups -OCH3 is 2. The summed E-state index contributed by atoms with van der Waals surface area (Å²) in [5, 5.41) is 0. The van der Waals surface area contributed by atoms with E-state index in [1.54, 1.807) is 25.2 Å². The van der Waals surface area contributed by atoms with E-state index in [1.807, 2.05) is 42.5 Å². The number of carbonyl (C=O) groups is 1. The summed E-state index contributed by atoms with van der Waals surface area (Å²) in [6.45, 7) is 1.30. The van der Waals surface area contributed by atoms with E-state index in [0.29, 0.717) is 40.5 Å². The Morgan fingerprint density at radius 1 is 1.21 bits per heavy atom. The molecule has 1 saturated heterocycles. The van der Waals surface area contributed by atoms with E-state index in [-0.39, 0.29) is 5.91 Å². The Morgan fingerprint density at radius 2 is 1.97 bits per heavy atom. The topological polar surface area (TPSA) is 48.0 Å². The van der Waals surface area contributed by atoms with Crippen molar-refractivity contribution < 1.29 is 19.0 Å². The molecule has 1 aliphatic heterocycles. The number of halogens is 1. The van der Waals surface area contributed by atoms with Crippen LogP contribution in [0, 0.1) is 0 Å². The Balaban J connectivity index is 1.80. The molecule has 29 heavy (non-hydrogen) atoms. The minimum atomic E-state index is -0.114. The van der Waals surface area contributed by atoms with Gasteiger partial charge < -0.3 is 14.2 Å². The van der Waals surface area contributed by atoms with Crippen molar-refractivity contribution in [1.82, 2.24) is 4.90 Å². The lowest BCUT2D eigenvalue weighted by atomic mass is 10.1. The molecule has 8 heteroatoms. The number of hydrogen-bond donors (Lipinski definition) is 0. The average Bonchev–Trinajstić information content (AvgIpc) is 2.98. The Hall–Kier alpha value is -1.87. The van der Waals surface area contributed by atoms with Gasteiger partial charge in [0.15, 0.2) is 11.5 Å². The number of rotatable bonds is 8. The van der Waals surface area contributed by atoms with Crippen molar-refractivity contribution in [3.8, 4) is 11.5 Å². The maximum absolute atomic E-state index is 12.6. The van der Waals surface area contributed by atoms with Gasteiger partial charge >= 0.3 is 0 Å². The molecule has 1 fully saturated rings. The van der Waals surface area contributed by atoms with E-state index in [1.165, 1.54) is 11.8 Å². The van der Waals surface area contributed by atoms with Gasteiger partial charge in [-0.25, -0.2) is 0 Å². The van der Waals surface area contributed by atoms with Gasteiger partial charge in [-0.2, -0.15) is 0 Å². The third-order valence-corrected chi connectivity index (χ3v) is 6.13. The fourth-order valence-corrected chi connectivity index (χ4v) is 4.60. The third kappa shape index (κ3) is 5.39. The summed E-state index contributed by atoms with van der Waals surface area (Å²) in [7, 11) is 3.18. The van der Waals surface area contributed by atoms with Crippen molar-refractivity contribution in [2.24, 2.45) is 0 Å². The molecule has 0 atom stereocenters. The minimum Gasteiger partial charge on any atom is -0.493 e. The van der Waals surface area contributed by atoms with Crippen LogP contribution in [0.5, 0.6) is 11.5 Å². The summed E-state index contributed by atoms with van der Waals surface area (Å²) in [6.07, 6.45) is 1.81. The van der Waals surface area contributed by atoms with Crippen LogP contribution in [0.3, 0.4) is 0 Å². The molecule has 3 rings (SSSR count). The zero-order chi connectivity index (χ0) is 20.8. The minimum absolute atomic E-state index is 0.114. The van der Waals surface area contributed by atoms with E-state index in [9.17, 15) is 4.79 Å². The summed E-state index contributed by atoms with van der Waals surface area (Å²) >= 11 is 10.2. The maximum atomic E-state index is 12.6.